The van der Waals surface area contributed by atoms with Crippen LogP contribution in [0.5, 0.6) is 5.75 Å². The molecule has 4 nitrogen and oxygen atoms in total. The standard InChI is InChI=1S/C15H14ClFN2O2/c1-19(15(20)11-5-6-14(16)18-10-11)7-8-21-13-4-2-3-12(17)9-13/h2-6,9-10H,7-8H2,1H3. The van der Waals surface area contributed by atoms with Crippen LogP contribution in [0, 0.1) is 5.82 Å². The molecule has 1 aromatic heterocycles. The summed E-state index contributed by atoms with van der Waals surface area (Å²) in [5.41, 5.74) is 0.452. The Morgan fingerprint density at radius 1 is 1.38 bits per heavy atom. The monoisotopic (exact) mass is 308 g/mol. The maximum atomic E-state index is 13.0. The highest BCUT2D eigenvalue weighted by Crippen LogP contribution is 2.12. The second kappa shape index (κ2) is 7.04. The molecule has 1 aromatic carbocycles. The summed E-state index contributed by atoms with van der Waals surface area (Å²) in [4.78, 5) is 17.4. The third kappa shape index (κ3) is 4.43. The first-order chi connectivity index (χ1) is 10.1. The summed E-state index contributed by atoms with van der Waals surface area (Å²) in [5, 5.41) is 0.337. The number of aromatic nitrogens is 1. The van der Waals surface area contributed by atoms with Gasteiger partial charge in [0, 0.05) is 19.3 Å². The van der Waals surface area contributed by atoms with Gasteiger partial charge in [-0.25, -0.2) is 9.37 Å². The lowest BCUT2D eigenvalue weighted by atomic mass is 10.2. The van der Waals surface area contributed by atoms with Crippen molar-refractivity contribution in [3.05, 3.63) is 59.1 Å². The highest BCUT2D eigenvalue weighted by Gasteiger charge is 2.11. The lowest BCUT2D eigenvalue weighted by Crippen LogP contribution is -2.30. The molecular formula is C15H14ClFN2O2. The van der Waals surface area contributed by atoms with E-state index in [9.17, 15) is 9.18 Å². The van der Waals surface area contributed by atoms with Gasteiger partial charge < -0.3 is 9.64 Å². The SMILES string of the molecule is CN(CCOc1cccc(F)c1)C(=O)c1ccc(Cl)nc1. The van der Waals surface area contributed by atoms with E-state index in [0.717, 1.165) is 0 Å². The molecule has 0 unspecified atom stereocenters. The molecule has 2 aromatic rings. The fraction of sp³-hybridized carbons (Fsp3) is 0.200. The highest BCUT2D eigenvalue weighted by atomic mass is 35.5. The van der Waals surface area contributed by atoms with E-state index in [4.69, 9.17) is 16.3 Å². The van der Waals surface area contributed by atoms with E-state index in [1.54, 1.807) is 31.3 Å². The third-order valence-corrected chi connectivity index (χ3v) is 3.04. The number of hydrogen-bond acceptors (Lipinski definition) is 3. The molecule has 0 aliphatic carbocycles. The quantitative estimate of drug-likeness (QED) is 0.797. The molecule has 21 heavy (non-hydrogen) atoms. The molecule has 0 aliphatic heterocycles. The number of amides is 1. The van der Waals surface area contributed by atoms with Gasteiger partial charge in [0.15, 0.2) is 0 Å². The number of carbonyl (C=O) groups excluding carboxylic acids is 1. The fourth-order valence-electron chi connectivity index (χ4n) is 1.68. The minimum Gasteiger partial charge on any atom is -0.492 e. The predicted molar refractivity (Wildman–Crippen MR) is 78.1 cm³/mol. The third-order valence-electron chi connectivity index (χ3n) is 2.81. The number of benzene rings is 1. The Labute approximate surface area is 127 Å². The van der Waals surface area contributed by atoms with Gasteiger partial charge in [0.2, 0.25) is 0 Å². The lowest BCUT2D eigenvalue weighted by Gasteiger charge is -2.17. The van der Waals surface area contributed by atoms with Crippen molar-refractivity contribution in [3.8, 4) is 5.75 Å². The summed E-state index contributed by atoms with van der Waals surface area (Å²) in [7, 11) is 1.66. The smallest absolute Gasteiger partial charge is 0.255 e. The Balaban J connectivity index is 1.85. The van der Waals surface area contributed by atoms with Crippen LogP contribution in [0.1, 0.15) is 10.4 Å². The maximum absolute atomic E-state index is 13.0. The molecule has 2 rings (SSSR count). The maximum Gasteiger partial charge on any atom is 0.255 e. The van der Waals surface area contributed by atoms with Gasteiger partial charge in [0.25, 0.3) is 5.91 Å². The Morgan fingerprint density at radius 3 is 2.86 bits per heavy atom. The molecule has 6 heteroatoms. The van der Waals surface area contributed by atoms with Gasteiger partial charge >= 0.3 is 0 Å². The average Bonchev–Trinajstić information content (AvgIpc) is 2.47. The molecular weight excluding hydrogens is 295 g/mol. The number of pyridine rings is 1. The molecule has 0 radical (unpaired) electrons. The van der Waals surface area contributed by atoms with Gasteiger partial charge in [0.1, 0.15) is 23.3 Å². The summed E-state index contributed by atoms with van der Waals surface area (Å²) in [6, 6.07) is 9.04. The summed E-state index contributed by atoms with van der Waals surface area (Å²) in [6.07, 6.45) is 1.43. The van der Waals surface area contributed by atoms with Crippen molar-refractivity contribution >= 4 is 17.5 Å². The summed E-state index contributed by atoms with van der Waals surface area (Å²) in [6.45, 7) is 0.644. The van der Waals surface area contributed by atoms with Crippen molar-refractivity contribution in [2.75, 3.05) is 20.2 Å². The molecule has 0 spiro atoms. The molecule has 110 valence electrons. The van der Waals surface area contributed by atoms with Gasteiger partial charge in [-0.15, -0.1) is 0 Å². The zero-order valence-electron chi connectivity index (χ0n) is 11.4. The van der Waals surface area contributed by atoms with Gasteiger partial charge in [-0.1, -0.05) is 17.7 Å². The topological polar surface area (TPSA) is 42.4 Å². The second-order valence-corrected chi connectivity index (χ2v) is 4.79. The second-order valence-electron chi connectivity index (χ2n) is 4.40. The zero-order chi connectivity index (χ0) is 15.2. The van der Waals surface area contributed by atoms with Crippen molar-refractivity contribution in [2.45, 2.75) is 0 Å². The number of nitrogens with zero attached hydrogens (tertiary/aromatic N) is 2. The summed E-state index contributed by atoms with van der Waals surface area (Å²) >= 11 is 5.67. The lowest BCUT2D eigenvalue weighted by molar-refractivity contribution is 0.0773. The van der Waals surface area contributed by atoms with E-state index in [1.165, 1.54) is 23.2 Å². The molecule has 0 atom stereocenters. The largest absolute Gasteiger partial charge is 0.492 e. The highest BCUT2D eigenvalue weighted by molar-refractivity contribution is 6.29. The molecule has 1 amide bonds. The van der Waals surface area contributed by atoms with E-state index >= 15 is 0 Å². The number of hydrogen-bond donors (Lipinski definition) is 0. The summed E-state index contributed by atoms with van der Waals surface area (Å²) in [5.74, 6) is -0.102. The van der Waals surface area contributed by atoms with E-state index < -0.39 is 0 Å². The van der Waals surface area contributed by atoms with Crippen LogP contribution in [0.25, 0.3) is 0 Å². The van der Waals surface area contributed by atoms with Crippen LogP contribution in [0.15, 0.2) is 42.6 Å². The average molecular weight is 309 g/mol. The normalized spacial score (nSPS) is 10.2. The number of halogens is 2. The van der Waals surface area contributed by atoms with E-state index in [1.807, 2.05) is 0 Å². The minimum absolute atomic E-state index is 0.179. The van der Waals surface area contributed by atoms with Gasteiger partial charge in [-0.2, -0.15) is 0 Å². The van der Waals surface area contributed by atoms with Gasteiger partial charge in [-0.05, 0) is 24.3 Å². The van der Waals surface area contributed by atoms with Gasteiger partial charge in [-0.3, -0.25) is 4.79 Å². The van der Waals surface area contributed by atoms with Crippen LogP contribution in [-0.2, 0) is 0 Å². The molecule has 0 N–H and O–H groups in total. The van der Waals surface area contributed by atoms with Crippen molar-refractivity contribution in [1.82, 2.24) is 9.88 Å². The molecule has 0 fully saturated rings. The van der Waals surface area contributed by atoms with Crippen LogP contribution in [-0.4, -0.2) is 36.0 Å². The van der Waals surface area contributed by atoms with Crippen LogP contribution >= 0.6 is 11.6 Å². The Bertz CT molecular complexity index is 619. The van der Waals surface area contributed by atoms with Crippen LogP contribution in [0.3, 0.4) is 0 Å². The first kappa shape index (κ1) is 15.3. The molecule has 0 saturated heterocycles. The Hall–Kier alpha value is -2.14. The van der Waals surface area contributed by atoms with Crippen molar-refractivity contribution in [1.29, 1.82) is 0 Å². The van der Waals surface area contributed by atoms with Crippen molar-refractivity contribution in [3.63, 3.8) is 0 Å². The summed E-state index contributed by atoms with van der Waals surface area (Å²) < 4.78 is 18.4. The molecule has 0 saturated carbocycles. The predicted octanol–water partition coefficient (Wildman–Crippen LogP) is 3.03. The van der Waals surface area contributed by atoms with Crippen LogP contribution < -0.4 is 4.74 Å². The minimum atomic E-state index is -0.357. The fourth-order valence-corrected chi connectivity index (χ4v) is 1.79. The van der Waals surface area contributed by atoms with Crippen LogP contribution in [0.4, 0.5) is 4.39 Å². The Kier molecular flexibility index (Phi) is 5.11. The van der Waals surface area contributed by atoms with E-state index in [0.29, 0.717) is 23.0 Å². The van der Waals surface area contributed by atoms with E-state index in [-0.39, 0.29) is 18.3 Å². The molecule has 0 bridgehead atoms. The number of likely N-dealkylation sites (N-methyl/N-ethyl adjacent to an activating group) is 1. The number of ether oxygens (including phenoxy) is 1. The van der Waals surface area contributed by atoms with E-state index in [2.05, 4.69) is 4.98 Å². The number of rotatable bonds is 5. The zero-order valence-corrected chi connectivity index (χ0v) is 12.2. The first-order valence-electron chi connectivity index (χ1n) is 6.31. The van der Waals surface area contributed by atoms with Crippen molar-refractivity contribution < 1.29 is 13.9 Å². The van der Waals surface area contributed by atoms with Gasteiger partial charge in [0.05, 0.1) is 12.1 Å². The molecule has 1 heterocycles. The molecule has 0 aliphatic rings. The Morgan fingerprint density at radius 2 is 2.19 bits per heavy atom. The first-order valence-corrected chi connectivity index (χ1v) is 6.69. The number of carbonyl (C=O) groups is 1. The van der Waals surface area contributed by atoms with Crippen molar-refractivity contribution in [2.24, 2.45) is 0 Å². The van der Waals surface area contributed by atoms with Crippen LogP contribution in [0.2, 0.25) is 5.15 Å².